The molecule has 0 atom stereocenters. The SMILES string of the molecule is CCCCCOc1ccc(C(=O)NNC(=O)c2cccc(Oc3ccnc(C(=O)NC)c3)c2)cc1. The van der Waals surface area contributed by atoms with E-state index in [2.05, 4.69) is 28.1 Å². The Morgan fingerprint density at radius 1 is 0.800 bits per heavy atom. The number of carbonyl (C=O) groups excluding carboxylic acids is 3. The summed E-state index contributed by atoms with van der Waals surface area (Å²) in [7, 11) is 1.51. The molecule has 0 aliphatic carbocycles. The van der Waals surface area contributed by atoms with Gasteiger partial charge in [0.05, 0.1) is 6.61 Å². The number of rotatable bonds is 10. The maximum atomic E-state index is 12.5. The summed E-state index contributed by atoms with van der Waals surface area (Å²) in [6.07, 6.45) is 4.67. The van der Waals surface area contributed by atoms with Gasteiger partial charge >= 0.3 is 0 Å². The third-order valence-corrected chi connectivity index (χ3v) is 4.95. The molecule has 0 saturated carbocycles. The molecule has 0 aliphatic rings. The predicted octanol–water partition coefficient (Wildman–Crippen LogP) is 3.88. The van der Waals surface area contributed by atoms with Gasteiger partial charge in [0.15, 0.2) is 0 Å². The maximum Gasteiger partial charge on any atom is 0.269 e. The summed E-state index contributed by atoms with van der Waals surface area (Å²) in [6, 6.07) is 16.2. The van der Waals surface area contributed by atoms with Crippen molar-refractivity contribution in [3.8, 4) is 17.2 Å². The Bertz CT molecular complexity index is 1160. The molecule has 1 aromatic heterocycles. The zero-order chi connectivity index (χ0) is 25.0. The lowest BCUT2D eigenvalue weighted by Crippen LogP contribution is -2.41. The van der Waals surface area contributed by atoms with Crippen LogP contribution in [0.15, 0.2) is 66.9 Å². The van der Waals surface area contributed by atoms with Gasteiger partial charge in [-0.1, -0.05) is 25.8 Å². The summed E-state index contributed by atoms with van der Waals surface area (Å²) in [6.45, 7) is 2.76. The molecule has 0 aliphatic heterocycles. The van der Waals surface area contributed by atoms with Gasteiger partial charge in [0, 0.05) is 30.4 Å². The predicted molar refractivity (Wildman–Crippen MR) is 131 cm³/mol. The highest BCUT2D eigenvalue weighted by molar-refractivity contribution is 5.99. The van der Waals surface area contributed by atoms with E-state index in [1.165, 1.54) is 25.4 Å². The Balaban J connectivity index is 1.54. The first-order chi connectivity index (χ1) is 17.0. The third kappa shape index (κ3) is 7.56. The highest BCUT2D eigenvalue weighted by Crippen LogP contribution is 2.22. The lowest BCUT2D eigenvalue weighted by atomic mass is 10.2. The average Bonchev–Trinajstić information content (AvgIpc) is 2.89. The zero-order valence-electron chi connectivity index (χ0n) is 19.7. The number of nitrogens with one attached hydrogen (secondary N) is 3. The Kier molecular flexibility index (Phi) is 9.18. The Morgan fingerprint density at radius 3 is 2.23 bits per heavy atom. The normalized spacial score (nSPS) is 10.2. The van der Waals surface area contributed by atoms with E-state index in [1.54, 1.807) is 48.5 Å². The molecule has 0 bridgehead atoms. The van der Waals surface area contributed by atoms with Gasteiger partial charge in [0.2, 0.25) is 0 Å². The van der Waals surface area contributed by atoms with Crippen LogP contribution in [-0.2, 0) is 0 Å². The lowest BCUT2D eigenvalue weighted by Gasteiger charge is -2.10. The van der Waals surface area contributed by atoms with Crippen LogP contribution in [-0.4, -0.2) is 36.4 Å². The van der Waals surface area contributed by atoms with E-state index in [9.17, 15) is 14.4 Å². The minimum Gasteiger partial charge on any atom is -0.494 e. The summed E-state index contributed by atoms with van der Waals surface area (Å²) < 4.78 is 11.4. The van der Waals surface area contributed by atoms with Gasteiger partial charge in [0.25, 0.3) is 17.7 Å². The number of carbonyl (C=O) groups is 3. The standard InChI is InChI=1S/C26H28N4O5/c1-3-4-5-15-34-20-11-9-18(10-12-20)24(31)29-30-25(32)19-7-6-8-21(16-19)35-22-13-14-28-23(17-22)26(33)27-2/h6-14,16-17H,3-5,15H2,1-2H3,(H,27,33)(H,29,31)(H,30,32). The fourth-order valence-corrected chi connectivity index (χ4v) is 3.07. The fraction of sp³-hybridized carbons (Fsp3) is 0.231. The molecule has 35 heavy (non-hydrogen) atoms. The number of hydrazine groups is 1. The molecule has 1 heterocycles. The Hall–Kier alpha value is -4.40. The molecule has 3 amide bonds. The summed E-state index contributed by atoms with van der Waals surface area (Å²) >= 11 is 0. The van der Waals surface area contributed by atoms with Crippen molar-refractivity contribution in [1.82, 2.24) is 21.2 Å². The van der Waals surface area contributed by atoms with Crippen LogP contribution in [0.25, 0.3) is 0 Å². The fourth-order valence-electron chi connectivity index (χ4n) is 3.07. The van der Waals surface area contributed by atoms with Gasteiger partial charge in [-0.05, 0) is 55.0 Å². The number of hydrogen-bond acceptors (Lipinski definition) is 6. The number of amides is 3. The first kappa shape index (κ1) is 25.2. The first-order valence-corrected chi connectivity index (χ1v) is 11.3. The number of unbranched alkanes of at least 4 members (excludes halogenated alkanes) is 2. The topological polar surface area (TPSA) is 119 Å². The van der Waals surface area contributed by atoms with Gasteiger partial charge in [0.1, 0.15) is 22.9 Å². The van der Waals surface area contributed by atoms with Crippen molar-refractivity contribution < 1.29 is 23.9 Å². The molecule has 3 rings (SSSR count). The van der Waals surface area contributed by atoms with Gasteiger partial charge in [-0.15, -0.1) is 0 Å². The van der Waals surface area contributed by atoms with Crippen molar-refractivity contribution >= 4 is 17.7 Å². The molecule has 3 aromatic rings. The van der Waals surface area contributed by atoms with Crippen LogP contribution in [0.5, 0.6) is 17.2 Å². The smallest absolute Gasteiger partial charge is 0.269 e. The molecular weight excluding hydrogens is 448 g/mol. The average molecular weight is 477 g/mol. The van der Waals surface area contributed by atoms with Crippen LogP contribution < -0.4 is 25.6 Å². The summed E-state index contributed by atoms with van der Waals surface area (Å²) in [5.41, 5.74) is 5.66. The minimum absolute atomic E-state index is 0.206. The molecule has 2 aromatic carbocycles. The van der Waals surface area contributed by atoms with Crippen LogP contribution in [0.1, 0.15) is 57.4 Å². The highest BCUT2D eigenvalue weighted by Gasteiger charge is 2.12. The van der Waals surface area contributed by atoms with E-state index in [0.717, 1.165) is 19.3 Å². The first-order valence-electron chi connectivity index (χ1n) is 11.3. The van der Waals surface area contributed by atoms with Crippen LogP contribution in [0.2, 0.25) is 0 Å². The van der Waals surface area contributed by atoms with E-state index in [4.69, 9.17) is 9.47 Å². The molecule has 3 N–H and O–H groups in total. The molecule has 0 spiro atoms. The zero-order valence-corrected chi connectivity index (χ0v) is 19.7. The molecular formula is C26H28N4O5. The summed E-state index contributed by atoms with van der Waals surface area (Å²) in [5, 5.41) is 2.50. The van der Waals surface area contributed by atoms with Gasteiger partial charge < -0.3 is 14.8 Å². The molecule has 182 valence electrons. The van der Waals surface area contributed by atoms with Crippen molar-refractivity contribution in [3.05, 3.63) is 83.7 Å². The highest BCUT2D eigenvalue weighted by atomic mass is 16.5. The molecule has 0 saturated heterocycles. The second kappa shape index (κ2) is 12.7. The third-order valence-electron chi connectivity index (χ3n) is 4.95. The number of benzene rings is 2. The van der Waals surface area contributed by atoms with E-state index in [1.807, 2.05) is 0 Å². The molecule has 9 heteroatoms. The quantitative estimate of drug-likeness (QED) is 0.302. The maximum absolute atomic E-state index is 12.5. The van der Waals surface area contributed by atoms with E-state index < -0.39 is 11.8 Å². The van der Waals surface area contributed by atoms with Crippen LogP contribution in [0, 0.1) is 0 Å². The number of ether oxygens (including phenoxy) is 2. The van der Waals surface area contributed by atoms with Crippen molar-refractivity contribution in [3.63, 3.8) is 0 Å². The van der Waals surface area contributed by atoms with Crippen LogP contribution >= 0.6 is 0 Å². The van der Waals surface area contributed by atoms with Crippen molar-refractivity contribution in [2.45, 2.75) is 26.2 Å². The minimum atomic E-state index is -0.513. The number of pyridine rings is 1. The molecule has 0 fully saturated rings. The van der Waals surface area contributed by atoms with Gasteiger partial charge in [-0.2, -0.15) is 0 Å². The second-order valence-electron chi connectivity index (χ2n) is 7.57. The largest absolute Gasteiger partial charge is 0.494 e. The monoisotopic (exact) mass is 476 g/mol. The van der Waals surface area contributed by atoms with Crippen molar-refractivity contribution in [2.24, 2.45) is 0 Å². The van der Waals surface area contributed by atoms with Gasteiger partial charge in [-0.3, -0.25) is 30.2 Å². The van der Waals surface area contributed by atoms with E-state index in [0.29, 0.717) is 29.4 Å². The van der Waals surface area contributed by atoms with E-state index in [-0.39, 0.29) is 17.2 Å². The van der Waals surface area contributed by atoms with E-state index >= 15 is 0 Å². The number of nitrogens with zero attached hydrogens (tertiary/aromatic N) is 1. The van der Waals surface area contributed by atoms with Crippen molar-refractivity contribution in [1.29, 1.82) is 0 Å². The molecule has 9 nitrogen and oxygen atoms in total. The van der Waals surface area contributed by atoms with Gasteiger partial charge in [-0.25, -0.2) is 0 Å². The molecule has 0 radical (unpaired) electrons. The van der Waals surface area contributed by atoms with Crippen molar-refractivity contribution in [2.75, 3.05) is 13.7 Å². The summed E-state index contributed by atoms with van der Waals surface area (Å²) in [4.78, 5) is 40.6. The Morgan fingerprint density at radius 2 is 1.51 bits per heavy atom. The number of aromatic nitrogens is 1. The van der Waals surface area contributed by atoms with Crippen LogP contribution in [0.4, 0.5) is 0 Å². The second-order valence-corrected chi connectivity index (χ2v) is 7.57. The Labute approximate surface area is 203 Å². The lowest BCUT2D eigenvalue weighted by molar-refractivity contribution is 0.0846. The van der Waals surface area contributed by atoms with Crippen LogP contribution in [0.3, 0.4) is 0 Å². The number of hydrogen-bond donors (Lipinski definition) is 3. The molecule has 0 unspecified atom stereocenters. The summed E-state index contributed by atoms with van der Waals surface area (Å²) in [5.74, 6) is 0.153.